The molecule has 1 aromatic carbocycles. The van der Waals surface area contributed by atoms with Crippen LogP contribution >= 0.6 is 0 Å². The SMILES string of the molecule is CC(C)c1ccc(-n2ncc(C(=O)O)c2C2CC2)cc1. The number of carbonyl (C=O) groups is 1. The van der Waals surface area contributed by atoms with E-state index in [0.29, 0.717) is 17.4 Å². The van der Waals surface area contributed by atoms with Crippen molar-refractivity contribution < 1.29 is 9.90 Å². The van der Waals surface area contributed by atoms with E-state index in [4.69, 9.17) is 0 Å². The summed E-state index contributed by atoms with van der Waals surface area (Å²) in [5.41, 5.74) is 3.38. The van der Waals surface area contributed by atoms with Gasteiger partial charge in [0.25, 0.3) is 0 Å². The van der Waals surface area contributed by atoms with E-state index in [1.807, 2.05) is 12.1 Å². The average molecular weight is 270 g/mol. The zero-order chi connectivity index (χ0) is 14.3. The van der Waals surface area contributed by atoms with Gasteiger partial charge in [0, 0.05) is 5.92 Å². The van der Waals surface area contributed by atoms with Crippen molar-refractivity contribution in [2.45, 2.75) is 38.5 Å². The molecule has 104 valence electrons. The minimum atomic E-state index is -0.892. The fourth-order valence-electron chi connectivity index (χ4n) is 2.48. The molecule has 3 rings (SSSR count). The first kappa shape index (κ1) is 12.9. The van der Waals surface area contributed by atoms with Gasteiger partial charge in [0.15, 0.2) is 0 Å². The lowest BCUT2D eigenvalue weighted by atomic mass is 10.0. The van der Waals surface area contributed by atoms with E-state index >= 15 is 0 Å². The van der Waals surface area contributed by atoms with Crippen LogP contribution in [0.1, 0.15) is 60.1 Å². The summed E-state index contributed by atoms with van der Waals surface area (Å²) >= 11 is 0. The van der Waals surface area contributed by atoms with Crippen molar-refractivity contribution in [1.29, 1.82) is 0 Å². The Bertz CT molecular complexity index is 637. The zero-order valence-electron chi connectivity index (χ0n) is 11.7. The monoisotopic (exact) mass is 270 g/mol. The molecule has 0 saturated heterocycles. The van der Waals surface area contributed by atoms with Gasteiger partial charge in [0.2, 0.25) is 0 Å². The zero-order valence-corrected chi connectivity index (χ0v) is 11.7. The van der Waals surface area contributed by atoms with E-state index in [1.165, 1.54) is 11.8 Å². The van der Waals surface area contributed by atoms with Gasteiger partial charge in [0.05, 0.1) is 17.6 Å². The van der Waals surface area contributed by atoms with Crippen molar-refractivity contribution in [3.05, 3.63) is 47.3 Å². The Morgan fingerprint density at radius 3 is 2.45 bits per heavy atom. The molecule has 2 aromatic rings. The molecular formula is C16H18N2O2. The normalized spacial score (nSPS) is 14.8. The summed E-state index contributed by atoms with van der Waals surface area (Å²) in [6.07, 6.45) is 3.57. The second-order valence-electron chi connectivity index (χ2n) is 5.68. The number of hydrogen-bond acceptors (Lipinski definition) is 2. The second kappa shape index (κ2) is 4.78. The predicted molar refractivity (Wildman–Crippen MR) is 76.6 cm³/mol. The molecule has 4 heteroatoms. The molecule has 1 heterocycles. The third kappa shape index (κ3) is 2.22. The topological polar surface area (TPSA) is 55.1 Å². The standard InChI is InChI=1S/C16H18N2O2/c1-10(2)11-5-7-13(8-6-11)18-15(12-3-4-12)14(9-17-18)16(19)20/h5-10,12H,3-4H2,1-2H3,(H,19,20). The van der Waals surface area contributed by atoms with Gasteiger partial charge in [-0.15, -0.1) is 0 Å². The maximum Gasteiger partial charge on any atom is 0.339 e. The highest BCUT2D eigenvalue weighted by Crippen LogP contribution is 2.42. The summed E-state index contributed by atoms with van der Waals surface area (Å²) in [6.45, 7) is 4.31. The Morgan fingerprint density at radius 2 is 1.95 bits per heavy atom. The summed E-state index contributed by atoms with van der Waals surface area (Å²) in [5, 5.41) is 13.5. The molecule has 1 N–H and O–H groups in total. The molecule has 0 radical (unpaired) electrons. The Balaban J connectivity index is 2.03. The van der Waals surface area contributed by atoms with Gasteiger partial charge in [-0.05, 0) is 36.5 Å². The molecule has 0 atom stereocenters. The smallest absolute Gasteiger partial charge is 0.339 e. The average Bonchev–Trinajstić information content (AvgIpc) is 3.17. The summed E-state index contributed by atoms with van der Waals surface area (Å²) in [4.78, 5) is 11.3. The fraction of sp³-hybridized carbons (Fsp3) is 0.375. The first-order valence-electron chi connectivity index (χ1n) is 6.99. The largest absolute Gasteiger partial charge is 0.478 e. The molecular weight excluding hydrogens is 252 g/mol. The Morgan fingerprint density at radius 1 is 1.30 bits per heavy atom. The molecule has 0 aliphatic heterocycles. The molecule has 1 saturated carbocycles. The summed E-state index contributed by atoms with van der Waals surface area (Å²) in [6, 6.07) is 8.19. The molecule has 1 aromatic heterocycles. The van der Waals surface area contributed by atoms with Gasteiger partial charge < -0.3 is 5.11 Å². The number of carboxylic acids is 1. The number of aromatic nitrogens is 2. The molecule has 4 nitrogen and oxygen atoms in total. The first-order valence-corrected chi connectivity index (χ1v) is 6.99. The summed E-state index contributed by atoms with van der Waals surface area (Å²) in [5.74, 6) is -0.0653. The van der Waals surface area contributed by atoms with Crippen LogP contribution in [0.2, 0.25) is 0 Å². The number of nitrogens with zero attached hydrogens (tertiary/aromatic N) is 2. The highest BCUT2D eigenvalue weighted by Gasteiger charge is 2.32. The minimum absolute atomic E-state index is 0.334. The third-order valence-corrected chi connectivity index (χ3v) is 3.81. The van der Waals surface area contributed by atoms with Gasteiger partial charge >= 0.3 is 5.97 Å². The van der Waals surface area contributed by atoms with Crippen LogP contribution in [-0.4, -0.2) is 20.9 Å². The Labute approximate surface area is 118 Å². The van der Waals surface area contributed by atoms with E-state index in [2.05, 4.69) is 31.1 Å². The van der Waals surface area contributed by atoms with E-state index in [9.17, 15) is 9.90 Å². The van der Waals surface area contributed by atoms with Crippen LogP contribution in [-0.2, 0) is 0 Å². The Hall–Kier alpha value is -2.10. The number of carboxylic acid groups (broad SMARTS) is 1. The maximum absolute atomic E-state index is 11.3. The van der Waals surface area contributed by atoms with Crippen LogP contribution in [0, 0.1) is 0 Å². The van der Waals surface area contributed by atoms with Crippen LogP contribution in [0.3, 0.4) is 0 Å². The van der Waals surface area contributed by atoms with Crippen molar-refractivity contribution in [2.24, 2.45) is 0 Å². The van der Waals surface area contributed by atoms with E-state index in [1.54, 1.807) is 4.68 Å². The highest BCUT2D eigenvalue weighted by atomic mass is 16.4. The van der Waals surface area contributed by atoms with Crippen molar-refractivity contribution in [2.75, 3.05) is 0 Å². The maximum atomic E-state index is 11.3. The second-order valence-corrected chi connectivity index (χ2v) is 5.68. The molecule has 0 spiro atoms. The van der Waals surface area contributed by atoms with Gasteiger partial charge in [0.1, 0.15) is 5.56 Å². The Kier molecular flexibility index (Phi) is 3.08. The van der Waals surface area contributed by atoms with Crippen LogP contribution in [0.25, 0.3) is 5.69 Å². The van der Waals surface area contributed by atoms with E-state index < -0.39 is 5.97 Å². The highest BCUT2D eigenvalue weighted by molar-refractivity contribution is 5.89. The number of hydrogen-bond donors (Lipinski definition) is 1. The molecule has 0 amide bonds. The predicted octanol–water partition coefficient (Wildman–Crippen LogP) is 3.57. The van der Waals surface area contributed by atoms with Gasteiger partial charge in [-0.1, -0.05) is 26.0 Å². The number of aromatic carboxylic acids is 1. The molecule has 1 aliphatic carbocycles. The number of rotatable bonds is 4. The van der Waals surface area contributed by atoms with E-state index in [-0.39, 0.29) is 0 Å². The van der Waals surface area contributed by atoms with Crippen molar-refractivity contribution in [1.82, 2.24) is 9.78 Å². The van der Waals surface area contributed by atoms with Crippen LogP contribution in [0.4, 0.5) is 0 Å². The van der Waals surface area contributed by atoms with Gasteiger partial charge in [-0.25, -0.2) is 9.48 Å². The number of benzene rings is 1. The van der Waals surface area contributed by atoms with Gasteiger partial charge in [-0.3, -0.25) is 0 Å². The van der Waals surface area contributed by atoms with Gasteiger partial charge in [-0.2, -0.15) is 5.10 Å². The lowest BCUT2D eigenvalue weighted by Gasteiger charge is -2.10. The lowest BCUT2D eigenvalue weighted by Crippen LogP contribution is -2.05. The quantitative estimate of drug-likeness (QED) is 0.924. The van der Waals surface area contributed by atoms with Crippen LogP contribution in [0.5, 0.6) is 0 Å². The van der Waals surface area contributed by atoms with Crippen molar-refractivity contribution in [3.8, 4) is 5.69 Å². The first-order chi connectivity index (χ1) is 9.58. The minimum Gasteiger partial charge on any atom is -0.478 e. The van der Waals surface area contributed by atoms with Crippen LogP contribution in [0.15, 0.2) is 30.5 Å². The lowest BCUT2D eigenvalue weighted by molar-refractivity contribution is 0.0695. The summed E-state index contributed by atoms with van der Waals surface area (Å²) < 4.78 is 1.78. The summed E-state index contributed by atoms with van der Waals surface area (Å²) in [7, 11) is 0. The van der Waals surface area contributed by atoms with Crippen molar-refractivity contribution in [3.63, 3.8) is 0 Å². The van der Waals surface area contributed by atoms with E-state index in [0.717, 1.165) is 24.2 Å². The molecule has 1 fully saturated rings. The van der Waals surface area contributed by atoms with Crippen molar-refractivity contribution >= 4 is 5.97 Å². The molecule has 1 aliphatic rings. The molecule has 0 bridgehead atoms. The third-order valence-electron chi connectivity index (χ3n) is 3.81. The molecule has 20 heavy (non-hydrogen) atoms. The van der Waals surface area contributed by atoms with Crippen LogP contribution < -0.4 is 0 Å². The fourth-order valence-corrected chi connectivity index (χ4v) is 2.48. The molecule has 0 unspecified atom stereocenters.